The van der Waals surface area contributed by atoms with E-state index in [1.54, 1.807) is 13.0 Å². The van der Waals surface area contributed by atoms with Gasteiger partial charge < -0.3 is 40.1 Å². The number of fused-ring (bicyclic) bond motifs is 3. The first-order valence-electron chi connectivity index (χ1n) is 11.6. The quantitative estimate of drug-likeness (QED) is 0.386. The lowest BCUT2D eigenvalue weighted by molar-refractivity contribution is -0.348. The van der Waals surface area contributed by atoms with Gasteiger partial charge in [0.1, 0.15) is 30.2 Å². The van der Waals surface area contributed by atoms with Crippen molar-refractivity contribution < 1.29 is 40.1 Å². The molecule has 1 saturated carbocycles. The lowest BCUT2D eigenvalue weighted by Gasteiger charge is -2.58. The first-order chi connectivity index (χ1) is 15.5. The van der Waals surface area contributed by atoms with Crippen LogP contribution in [0.1, 0.15) is 55.4 Å². The molecule has 1 aromatic carbocycles. The number of phenolic OH excluding ortho intramolecular Hbond substituents is 1. The largest absolute Gasteiger partial charge is 0.508 e. The summed E-state index contributed by atoms with van der Waals surface area (Å²) in [6, 6.07) is 1.82. The summed E-state index contributed by atoms with van der Waals surface area (Å²) in [5, 5.41) is 62.1. The monoisotopic (exact) mass is 464 g/mol. The van der Waals surface area contributed by atoms with Gasteiger partial charge in [0, 0.05) is 5.92 Å². The highest BCUT2D eigenvalue weighted by atomic mass is 16.7. The summed E-state index contributed by atoms with van der Waals surface area (Å²) in [4.78, 5) is 0. The minimum absolute atomic E-state index is 0.187. The van der Waals surface area contributed by atoms with Crippen LogP contribution in [0.3, 0.4) is 0 Å². The van der Waals surface area contributed by atoms with E-state index in [2.05, 4.69) is 13.5 Å². The maximum absolute atomic E-state index is 11.1. The van der Waals surface area contributed by atoms with Crippen molar-refractivity contribution in [2.45, 2.75) is 94.3 Å². The van der Waals surface area contributed by atoms with Gasteiger partial charge in [-0.15, -0.1) is 0 Å². The Morgan fingerprint density at radius 2 is 1.85 bits per heavy atom. The molecule has 8 heteroatoms. The van der Waals surface area contributed by atoms with Crippen LogP contribution in [0.4, 0.5) is 0 Å². The van der Waals surface area contributed by atoms with Crippen LogP contribution in [-0.4, -0.2) is 79.7 Å². The smallest absolute Gasteiger partial charge is 0.187 e. The maximum Gasteiger partial charge on any atom is 0.187 e. The highest BCUT2D eigenvalue weighted by Gasteiger charge is 2.59. The normalized spacial score (nSPS) is 43.0. The predicted molar refractivity (Wildman–Crippen MR) is 121 cm³/mol. The van der Waals surface area contributed by atoms with E-state index in [1.165, 1.54) is 0 Å². The van der Waals surface area contributed by atoms with Gasteiger partial charge in [0.15, 0.2) is 6.29 Å². The van der Waals surface area contributed by atoms with E-state index in [9.17, 15) is 30.6 Å². The maximum atomic E-state index is 11.1. The van der Waals surface area contributed by atoms with E-state index < -0.39 is 54.4 Å². The molecule has 184 valence electrons. The Labute approximate surface area is 194 Å². The summed E-state index contributed by atoms with van der Waals surface area (Å²) in [6.45, 7) is 9.15. The molecule has 8 nitrogen and oxygen atoms in total. The van der Waals surface area contributed by atoms with Crippen LogP contribution in [0.5, 0.6) is 5.75 Å². The van der Waals surface area contributed by atoms with Crippen molar-refractivity contribution >= 4 is 6.08 Å². The molecule has 2 aliphatic carbocycles. The Bertz CT molecular complexity index is 916. The summed E-state index contributed by atoms with van der Waals surface area (Å²) in [7, 11) is 0. The van der Waals surface area contributed by atoms with Gasteiger partial charge >= 0.3 is 0 Å². The van der Waals surface area contributed by atoms with Crippen LogP contribution in [0, 0.1) is 12.8 Å². The van der Waals surface area contributed by atoms with Gasteiger partial charge in [0.05, 0.1) is 18.3 Å². The number of rotatable bonds is 4. The molecule has 0 aromatic heterocycles. The van der Waals surface area contributed by atoms with Gasteiger partial charge in [-0.2, -0.15) is 0 Å². The van der Waals surface area contributed by atoms with Gasteiger partial charge in [-0.3, -0.25) is 0 Å². The number of aliphatic hydroxyl groups excluding tert-OH is 5. The Morgan fingerprint density at radius 3 is 2.48 bits per heavy atom. The average Bonchev–Trinajstić information content (AvgIpc) is 2.78. The summed E-state index contributed by atoms with van der Waals surface area (Å²) < 4.78 is 11.9. The Hall–Kier alpha value is -1.52. The molecule has 0 spiro atoms. The lowest BCUT2D eigenvalue weighted by Crippen LogP contribution is -2.66. The molecule has 33 heavy (non-hydrogen) atoms. The van der Waals surface area contributed by atoms with Crippen molar-refractivity contribution in [3.8, 4) is 5.75 Å². The zero-order valence-corrected chi connectivity index (χ0v) is 19.4. The van der Waals surface area contributed by atoms with Crippen molar-refractivity contribution in [2.24, 2.45) is 5.92 Å². The number of phenols is 1. The van der Waals surface area contributed by atoms with E-state index >= 15 is 0 Å². The number of benzene rings is 1. The van der Waals surface area contributed by atoms with Crippen molar-refractivity contribution in [1.29, 1.82) is 0 Å². The SMILES string of the molecule is C=Cc1c(C)c(O)cc2c1CC[C@@H]1[C@](C)(O[C@@H]3O[C@H](CO)[C@@H](O)[C@H](O)[C@H]3O)[C@H](O)CC[C@@]21C. The van der Waals surface area contributed by atoms with E-state index in [-0.39, 0.29) is 11.7 Å². The van der Waals surface area contributed by atoms with Crippen LogP contribution >= 0.6 is 0 Å². The fraction of sp³-hybridized carbons (Fsp3) is 0.680. The Morgan fingerprint density at radius 1 is 1.15 bits per heavy atom. The molecule has 1 heterocycles. The van der Waals surface area contributed by atoms with Crippen molar-refractivity contribution in [2.75, 3.05) is 6.61 Å². The summed E-state index contributed by atoms with van der Waals surface area (Å²) in [6.07, 6.45) is -3.58. The number of ether oxygens (including phenoxy) is 2. The number of aromatic hydroxyl groups is 1. The van der Waals surface area contributed by atoms with Crippen LogP contribution in [0.15, 0.2) is 12.6 Å². The van der Waals surface area contributed by atoms with Crippen molar-refractivity contribution in [1.82, 2.24) is 0 Å². The summed E-state index contributed by atoms with van der Waals surface area (Å²) in [5.41, 5.74) is 2.30. The second kappa shape index (κ2) is 8.61. The zero-order valence-electron chi connectivity index (χ0n) is 19.4. The van der Waals surface area contributed by atoms with Gasteiger partial charge in [-0.05, 0) is 73.3 Å². The molecule has 9 atom stereocenters. The van der Waals surface area contributed by atoms with E-state index in [4.69, 9.17) is 9.47 Å². The topological polar surface area (TPSA) is 140 Å². The molecule has 1 aromatic rings. The number of hydrogen-bond donors (Lipinski definition) is 6. The fourth-order valence-corrected chi connectivity index (χ4v) is 6.45. The van der Waals surface area contributed by atoms with Crippen molar-refractivity contribution in [3.63, 3.8) is 0 Å². The molecule has 0 amide bonds. The fourth-order valence-electron chi connectivity index (χ4n) is 6.45. The second-order valence-corrected chi connectivity index (χ2v) is 10.2. The third-order valence-electron chi connectivity index (χ3n) is 8.50. The van der Waals surface area contributed by atoms with Gasteiger partial charge in [-0.25, -0.2) is 0 Å². The average molecular weight is 465 g/mol. The molecular weight excluding hydrogens is 428 g/mol. The molecule has 4 rings (SSSR count). The lowest BCUT2D eigenvalue weighted by atomic mass is 9.52. The molecule has 1 aliphatic heterocycles. The van der Waals surface area contributed by atoms with Crippen LogP contribution in [0.2, 0.25) is 0 Å². The molecule has 0 radical (unpaired) electrons. The van der Waals surface area contributed by atoms with Crippen LogP contribution < -0.4 is 0 Å². The van der Waals surface area contributed by atoms with E-state index in [0.29, 0.717) is 25.7 Å². The van der Waals surface area contributed by atoms with E-state index in [1.807, 2.05) is 13.0 Å². The predicted octanol–water partition coefficient (Wildman–Crippen LogP) is 0.894. The van der Waals surface area contributed by atoms with Gasteiger partial charge in [-0.1, -0.05) is 19.6 Å². The second-order valence-electron chi connectivity index (χ2n) is 10.2. The number of hydrogen-bond acceptors (Lipinski definition) is 8. The standard InChI is InChI=1S/C25H36O8/c1-5-13-12(2)16(27)10-15-14(13)6-7-18-24(15,3)9-8-19(28)25(18,4)33-23-22(31)21(30)20(29)17(11-26)32-23/h5,10,17-23,26-31H,1,6-9,11H2,2-4H3/t17-,18+,19-,20-,21+,22-,23+,24+,25+/m1/s1. The number of aliphatic hydroxyl groups is 5. The summed E-state index contributed by atoms with van der Waals surface area (Å²) in [5.74, 6) is 0.0154. The molecule has 1 saturated heterocycles. The molecule has 6 N–H and O–H groups in total. The van der Waals surface area contributed by atoms with Crippen molar-refractivity contribution in [3.05, 3.63) is 34.9 Å². The molecule has 0 unspecified atom stereocenters. The Balaban J connectivity index is 1.73. The third kappa shape index (κ3) is 3.63. The minimum atomic E-state index is -1.56. The van der Waals surface area contributed by atoms with E-state index in [0.717, 1.165) is 22.3 Å². The third-order valence-corrected chi connectivity index (χ3v) is 8.50. The van der Waals surface area contributed by atoms with Gasteiger partial charge in [0.2, 0.25) is 0 Å². The first kappa shape index (κ1) is 24.6. The molecule has 2 fully saturated rings. The minimum Gasteiger partial charge on any atom is -0.508 e. The van der Waals surface area contributed by atoms with Crippen LogP contribution in [-0.2, 0) is 21.3 Å². The summed E-state index contributed by atoms with van der Waals surface area (Å²) >= 11 is 0. The van der Waals surface area contributed by atoms with Gasteiger partial charge in [0.25, 0.3) is 0 Å². The first-order valence-corrected chi connectivity index (χ1v) is 11.6. The van der Waals surface area contributed by atoms with Crippen LogP contribution in [0.25, 0.3) is 6.08 Å². The highest BCUT2D eigenvalue weighted by molar-refractivity contribution is 5.64. The molecular formula is C25H36O8. The molecule has 0 bridgehead atoms. The zero-order chi connectivity index (χ0) is 24.3. The highest BCUT2D eigenvalue weighted by Crippen LogP contribution is 2.56. The molecule has 3 aliphatic rings. The Kier molecular flexibility index (Phi) is 6.42.